The van der Waals surface area contributed by atoms with Crippen LogP contribution in [0.5, 0.6) is 0 Å². The van der Waals surface area contributed by atoms with E-state index in [9.17, 15) is 19.2 Å². The van der Waals surface area contributed by atoms with Gasteiger partial charge >= 0.3 is 0 Å². The van der Waals surface area contributed by atoms with Crippen LogP contribution in [0.2, 0.25) is 0 Å². The molecule has 0 aromatic rings. The van der Waals surface area contributed by atoms with Crippen LogP contribution in [0, 0.1) is 10.8 Å². The predicted molar refractivity (Wildman–Crippen MR) is 176 cm³/mol. The van der Waals surface area contributed by atoms with E-state index in [1.165, 1.54) is 27.0 Å². The Morgan fingerprint density at radius 2 is 1.20 bits per heavy atom. The number of hydrogen-bond acceptors (Lipinski definition) is 8. The molecule has 0 fully saturated rings. The number of rotatable bonds is 20. The van der Waals surface area contributed by atoms with E-state index in [0.29, 0.717) is 19.3 Å². The molecule has 0 N–H and O–H groups in total. The van der Waals surface area contributed by atoms with Gasteiger partial charge < -0.3 is 18.9 Å². The van der Waals surface area contributed by atoms with Gasteiger partial charge in [-0.15, -0.1) is 0 Å². The molecule has 0 saturated carbocycles. The molecule has 0 bridgehead atoms. The Hall–Kier alpha value is -1.90. The molecule has 256 valence electrons. The first kappa shape index (κ1) is 42.1. The molecule has 0 aliphatic heterocycles. The lowest BCUT2D eigenvalue weighted by atomic mass is 9.70. The van der Waals surface area contributed by atoms with E-state index in [0.717, 1.165) is 0 Å². The maximum atomic E-state index is 14.1. The Balaban J connectivity index is 5.98. The molecule has 2 unspecified atom stereocenters. The third kappa shape index (κ3) is 10.9. The molecule has 0 saturated heterocycles. The highest BCUT2D eigenvalue weighted by molar-refractivity contribution is 6.39. The molecule has 0 radical (unpaired) electrons. The third-order valence-corrected chi connectivity index (χ3v) is 8.84. The highest BCUT2D eigenvalue weighted by Crippen LogP contribution is 2.44. The van der Waals surface area contributed by atoms with E-state index in [1.807, 2.05) is 83.1 Å². The van der Waals surface area contributed by atoms with Crippen molar-refractivity contribution in [2.75, 3.05) is 0 Å². The summed E-state index contributed by atoms with van der Waals surface area (Å²) in [5, 5.41) is 0. The van der Waals surface area contributed by atoms with E-state index >= 15 is 0 Å². The monoisotopic (exact) mass is 624 g/mol. The van der Waals surface area contributed by atoms with Gasteiger partial charge in [-0.25, -0.2) is 0 Å². The van der Waals surface area contributed by atoms with Crippen molar-refractivity contribution in [3.63, 3.8) is 0 Å². The summed E-state index contributed by atoms with van der Waals surface area (Å²) in [6.07, 6.45) is 2.06. The van der Waals surface area contributed by atoms with Crippen LogP contribution in [0.15, 0.2) is 12.8 Å². The van der Waals surface area contributed by atoms with Crippen LogP contribution < -0.4 is 0 Å². The zero-order valence-corrected chi connectivity index (χ0v) is 31.2. The summed E-state index contributed by atoms with van der Waals surface area (Å²) < 4.78 is 24.8. The highest BCUT2D eigenvalue weighted by Gasteiger charge is 2.52. The summed E-state index contributed by atoms with van der Waals surface area (Å²) in [4.78, 5) is 51.8. The van der Waals surface area contributed by atoms with Crippen molar-refractivity contribution < 1.29 is 38.1 Å². The van der Waals surface area contributed by atoms with Crippen LogP contribution in [0.1, 0.15) is 144 Å². The minimum Gasteiger partial charge on any atom is -0.496 e. The van der Waals surface area contributed by atoms with Gasteiger partial charge in [-0.1, -0.05) is 41.2 Å². The van der Waals surface area contributed by atoms with Gasteiger partial charge in [0, 0.05) is 18.8 Å². The van der Waals surface area contributed by atoms with Crippen molar-refractivity contribution in [2.24, 2.45) is 10.8 Å². The number of ketones is 4. The van der Waals surface area contributed by atoms with Crippen molar-refractivity contribution in [1.82, 2.24) is 0 Å². The van der Waals surface area contributed by atoms with Crippen molar-refractivity contribution in [3.8, 4) is 0 Å². The first-order valence-electron chi connectivity index (χ1n) is 15.8. The van der Waals surface area contributed by atoms with Gasteiger partial charge in [0.1, 0.15) is 22.9 Å². The van der Waals surface area contributed by atoms with Crippen LogP contribution in [0.3, 0.4) is 0 Å². The Bertz CT molecular complexity index is 1070. The Labute approximate surface area is 268 Å². The molecule has 0 heterocycles. The molecule has 0 aliphatic carbocycles. The summed E-state index contributed by atoms with van der Waals surface area (Å²) in [6.45, 7) is 35.9. The van der Waals surface area contributed by atoms with Crippen LogP contribution in [0.4, 0.5) is 0 Å². The lowest BCUT2D eigenvalue weighted by Crippen LogP contribution is -2.56. The second kappa shape index (κ2) is 13.8. The fourth-order valence-electron chi connectivity index (χ4n) is 6.66. The standard InChI is InChI=1S/C36H64O8/c1-20-36(19,23-30(7,8)41-21-2)44-34(15,16)28(40)29(5,6)22-31(9,10)43-35(17,18)32(11,12)27(39)25(4)42-33(13,14)26(38)24(3)37/h21,25H,2,20,22-23H2,1,3-19H3. The molecule has 0 aromatic heterocycles. The molecule has 0 amide bonds. The van der Waals surface area contributed by atoms with E-state index < -0.39 is 62.1 Å². The third-order valence-electron chi connectivity index (χ3n) is 8.84. The van der Waals surface area contributed by atoms with Crippen molar-refractivity contribution in [3.05, 3.63) is 12.8 Å². The molecular formula is C36H64O8. The quantitative estimate of drug-likeness (QED) is 0.0999. The smallest absolute Gasteiger partial charge is 0.229 e. The molecule has 44 heavy (non-hydrogen) atoms. The van der Waals surface area contributed by atoms with Gasteiger partial charge in [0.15, 0.2) is 17.3 Å². The molecule has 2 atom stereocenters. The molecule has 0 aromatic carbocycles. The van der Waals surface area contributed by atoms with E-state index in [4.69, 9.17) is 18.9 Å². The Kier molecular flexibility index (Phi) is 13.2. The first-order valence-corrected chi connectivity index (χ1v) is 15.8. The Morgan fingerprint density at radius 1 is 0.727 bits per heavy atom. The SMILES string of the molecule is C=COC(C)(C)CC(C)(CC)OC(C)(C)C(=O)C(C)(C)CC(C)(C)OC(C)(C)C(C)(C)C(=O)C(C)OC(C)(C)C(=O)C(C)=O. The zero-order valence-electron chi connectivity index (χ0n) is 31.2. The van der Waals surface area contributed by atoms with Gasteiger partial charge in [-0.05, 0) is 95.9 Å². The van der Waals surface area contributed by atoms with Crippen molar-refractivity contribution in [1.29, 1.82) is 0 Å². The molecule has 8 nitrogen and oxygen atoms in total. The maximum Gasteiger partial charge on any atom is 0.229 e. The number of carbonyl (C=O) groups excluding carboxylic acids is 4. The summed E-state index contributed by atoms with van der Waals surface area (Å²) in [5.41, 5.74) is -7.40. The number of carbonyl (C=O) groups is 4. The molecule has 8 heteroatoms. The summed E-state index contributed by atoms with van der Waals surface area (Å²) >= 11 is 0. The lowest BCUT2D eigenvalue weighted by Gasteiger charge is -2.48. The molecule has 0 aliphatic rings. The topological polar surface area (TPSA) is 105 Å². The van der Waals surface area contributed by atoms with E-state index in [2.05, 4.69) is 6.58 Å². The largest absolute Gasteiger partial charge is 0.496 e. The van der Waals surface area contributed by atoms with Crippen LogP contribution in [-0.4, -0.2) is 62.8 Å². The minimum atomic E-state index is -1.44. The first-order chi connectivity index (χ1) is 19.2. The number of ether oxygens (including phenoxy) is 4. The molecule has 0 spiro atoms. The van der Waals surface area contributed by atoms with Gasteiger partial charge in [0.2, 0.25) is 5.78 Å². The van der Waals surface area contributed by atoms with Crippen LogP contribution >= 0.6 is 0 Å². The highest BCUT2D eigenvalue weighted by atomic mass is 16.5. The van der Waals surface area contributed by atoms with Crippen molar-refractivity contribution in [2.45, 2.75) is 184 Å². The van der Waals surface area contributed by atoms with Gasteiger partial charge in [0.05, 0.1) is 28.5 Å². The lowest BCUT2D eigenvalue weighted by molar-refractivity contribution is -0.202. The number of hydrogen-bond donors (Lipinski definition) is 0. The fraction of sp³-hybridized carbons (Fsp3) is 0.833. The maximum absolute atomic E-state index is 14.1. The van der Waals surface area contributed by atoms with Gasteiger partial charge in [-0.3, -0.25) is 19.2 Å². The molecule has 0 rings (SSSR count). The van der Waals surface area contributed by atoms with E-state index in [-0.39, 0.29) is 11.6 Å². The Morgan fingerprint density at radius 3 is 1.61 bits per heavy atom. The van der Waals surface area contributed by atoms with Crippen molar-refractivity contribution >= 4 is 23.1 Å². The van der Waals surface area contributed by atoms with Gasteiger partial charge in [-0.2, -0.15) is 0 Å². The summed E-state index contributed by atoms with van der Waals surface area (Å²) in [7, 11) is 0. The van der Waals surface area contributed by atoms with Crippen LogP contribution in [-0.2, 0) is 38.1 Å². The van der Waals surface area contributed by atoms with Crippen LogP contribution in [0.25, 0.3) is 0 Å². The summed E-state index contributed by atoms with van der Waals surface area (Å²) in [6, 6.07) is 0. The molecular weight excluding hydrogens is 560 g/mol. The van der Waals surface area contributed by atoms with E-state index in [1.54, 1.807) is 20.8 Å². The predicted octanol–water partition coefficient (Wildman–Crippen LogP) is 7.78. The van der Waals surface area contributed by atoms with Gasteiger partial charge in [0.25, 0.3) is 0 Å². The second-order valence-electron chi connectivity index (χ2n) is 16.5. The average Bonchev–Trinajstić information content (AvgIpc) is 2.79. The normalized spacial score (nSPS) is 16.1. The summed E-state index contributed by atoms with van der Waals surface area (Å²) in [5.74, 6) is -1.65. The fourth-order valence-corrected chi connectivity index (χ4v) is 6.66. The number of Topliss-reactive ketones (excluding diaryl/α,β-unsaturated/α-hetero) is 4. The minimum absolute atomic E-state index is 0.0590. The second-order valence-corrected chi connectivity index (χ2v) is 16.5. The zero-order chi connectivity index (χ0) is 35.5. The average molecular weight is 625 g/mol.